The van der Waals surface area contributed by atoms with Gasteiger partial charge in [-0.2, -0.15) is 0 Å². The number of benzene rings is 2. The maximum absolute atomic E-state index is 14.3. The number of Topliss-reactive ketones (excluding diaryl/α,β-unsaturated/α-hetero) is 1. The second-order valence-electron chi connectivity index (χ2n) is 6.80. The molecular weight excluding hydrogens is 336 g/mol. The summed E-state index contributed by atoms with van der Waals surface area (Å²) in [6.07, 6.45) is 0.747. The third-order valence-electron chi connectivity index (χ3n) is 5.14. The number of amides is 1. The zero-order chi connectivity index (χ0) is 18.3. The molecule has 1 heterocycles. The van der Waals surface area contributed by atoms with Gasteiger partial charge in [-0.25, -0.2) is 8.78 Å². The summed E-state index contributed by atoms with van der Waals surface area (Å²) in [6, 6.07) is 12.8. The van der Waals surface area contributed by atoms with Crippen molar-refractivity contribution >= 4 is 11.7 Å². The van der Waals surface area contributed by atoms with Crippen LogP contribution >= 0.6 is 0 Å². The lowest BCUT2D eigenvalue weighted by Gasteiger charge is -2.34. The lowest BCUT2D eigenvalue weighted by Crippen LogP contribution is -2.38. The number of carbonyl (C=O) groups is 2. The molecule has 5 heteroatoms. The van der Waals surface area contributed by atoms with E-state index < -0.39 is 17.6 Å². The molecule has 2 aliphatic rings. The molecule has 0 saturated carbocycles. The average Bonchev–Trinajstić information content (AvgIpc) is 2.63. The standard InChI is InChI=1S/C21H17F2NO2/c22-14-6-7-17(23)15(10-14)16-11-20(26)24-18-8-13(9-19(25)21(16)18)12-4-2-1-3-5-12/h1-7,10,13,16H,8-9,11H2,(H,24,26). The Labute approximate surface area is 149 Å². The van der Waals surface area contributed by atoms with Crippen molar-refractivity contribution in [2.24, 2.45) is 0 Å². The Balaban J connectivity index is 1.76. The highest BCUT2D eigenvalue weighted by Crippen LogP contribution is 2.43. The summed E-state index contributed by atoms with van der Waals surface area (Å²) < 4.78 is 27.9. The van der Waals surface area contributed by atoms with Crippen molar-refractivity contribution in [3.63, 3.8) is 0 Å². The first-order valence-corrected chi connectivity index (χ1v) is 8.59. The van der Waals surface area contributed by atoms with E-state index in [0.717, 1.165) is 23.8 Å². The molecular formula is C21H17F2NO2. The third-order valence-corrected chi connectivity index (χ3v) is 5.14. The molecule has 0 radical (unpaired) electrons. The van der Waals surface area contributed by atoms with Gasteiger partial charge in [-0.1, -0.05) is 30.3 Å². The number of nitrogens with one attached hydrogen (secondary N) is 1. The summed E-state index contributed by atoms with van der Waals surface area (Å²) >= 11 is 0. The largest absolute Gasteiger partial charge is 0.329 e. The fraction of sp³-hybridized carbons (Fsp3) is 0.238. The Kier molecular flexibility index (Phi) is 4.15. The Morgan fingerprint density at radius 1 is 0.923 bits per heavy atom. The van der Waals surface area contributed by atoms with E-state index in [1.807, 2.05) is 30.3 Å². The molecule has 0 fully saturated rings. The number of allylic oxidation sites excluding steroid dienone is 2. The quantitative estimate of drug-likeness (QED) is 0.888. The molecule has 0 bridgehead atoms. The maximum Gasteiger partial charge on any atom is 0.225 e. The van der Waals surface area contributed by atoms with Crippen LogP contribution in [-0.4, -0.2) is 11.7 Å². The normalized spacial score (nSPS) is 22.8. The van der Waals surface area contributed by atoms with Gasteiger partial charge in [0.05, 0.1) is 0 Å². The van der Waals surface area contributed by atoms with Crippen LogP contribution in [0.4, 0.5) is 8.78 Å². The third kappa shape index (κ3) is 2.94. The number of ketones is 1. The van der Waals surface area contributed by atoms with E-state index in [2.05, 4.69) is 5.32 Å². The van der Waals surface area contributed by atoms with Crippen LogP contribution in [0.5, 0.6) is 0 Å². The topological polar surface area (TPSA) is 46.2 Å². The van der Waals surface area contributed by atoms with Gasteiger partial charge in [0.15, 0.2) is 5.78 Å². The smallest absolute Gasteiger partial charge is 0.225 e. The highest BCUT2D eigenvalue weighted by atomic mass is 19.1. The zero-order valence-electron chi connectivity index (χ0n) is 14.0. The first kappa shape index (κ1) is 16.6. The molecule has 0 saturated heterocycles. The van der Waals surface area contributed by atoms with Gasteiger partial charge in [0, 0.05) is 30.0 Å². The van der Waals surface area contributed by atoms with Crippen LogP contribution in [0.25, 0.3) is 0 Å². The lowest BCUT2D eigenvalue weighted by molar-refractivity contribution is -0.122. The van der Waals surface area contributed by atoms with Crippen LogP contribution < -0.4 is 5.32 Å². The minimum atomic E-state index is -0.737. The molecule has 26 heavy (non-hydrogen) atoms. The first-order valence-electron chi connectivity index (χ1n) is 8.59. The number of halogens is 2. The average molecular weight is 353 g/mol. The summed E-state index contributed by atoms with van der Waals surface area (Å²) in [5, 5.41) is 2.79. The number of rotatable bonds is 2. The Morgan fingerprint density at radius 3 is 2.46 bits per heavy atom. The highest BCUT2D eigenvalue weighted by Gasteiger charge is 2.39. The molecule has 1 aliphatic heterocycles. The van der Waals surface area contributed by atoms with Crippen molar-refractivity contribution in [1.82, 2.24) is 5.32 Å². The van der Waals surface area contributed by atoms with Gasteiger partial charge in [0.2, 0.25) is 5.91 Å². The minimum absolute atomic E-state index is 0.0288. The van der Waals surface area contributed by atoms with Gasteiger partial charge in [-0.15, -0.1) is 0 Å². The van der Waals surface area contributed by atoms with Gasteiger partial charge >= 0.3 is 0 Å². The van der Waals surface area contributed by atoms with Crippen molar-refractivity contribution < 1.29 is 18.4 Å². The molecule has 4 rings (SSSR count). The van der Waals surface area contributed by atoms with Gasteiger partial charge < -0.3 is 5.32 Å². The predicted molar refractivity (Wildman–Crippen MR) is 92.3 cm³/mol. The van der Waals surface area contributed by atoms with Gasteiger partial charge in [-0.3, -0.25) is 9.59 Å². The summed E-state index contributed by atoms with van der Waals surface area (Å²) in [7, 11) is 0. The molecule has 132 valence electrons. The number of hydrogen-bond acceptors (Lipinski definition) is 2. The molecule has 0 aromatic heterocycles. The summed E-state index contributed by atoms with van der Waals surface area (Å²) in [5.74, 6) is -2.35. The van der Waals surface area contributed by atoms with E-state index in [1.54, 1.807) is 0 Å². The zero-order valence-corrected chi connectivity index (χ0v) is 14.0. The molecule has 2 aromatic rings. The van der Waals surface area contributed by atoms with Crippen molar-refractivity contribution in [3.05, 3.63) is 82.6 Å². The van der Waals surface area contributed by atoms with Crippen molar-refractivity contribution in [2.45, 2.75) is 31.1 Å². The summed E-state index contributed by atoms with van der Waals surface area (Å²) in [6.45, 7) is 0. The van der Waals surface area contributed by atoms with Crippen molar-refractivity contribution in [2.75, 3.05) is 0 Å². The second-order valence-corrected chi connectivity index (χ2v) is 6.80. The van der Waals surface area contributed by atoms with E-state index in [0.29, 0.717) is 24.1 Å². The fourth-order valence-electron chi connectivity index (χ4n) is 3.97. The molecule has 1 amide bonds. The van der Waals surface area contributed by atoms with E-state index in [4.69, 9.17) is 0 Å². The molecule has 0 spiro atoms. The Hall–Kier alpha value is -2.82. The van der Waals surface area contributed by atoms with E-state index in [1.165, 1.54) is 0 Å². The van der Waals surface area contributed by atoms with Crippen LogP contribution in [0.15, 0.2) is 59.8 Å². The first-order chi connectivity index (χ1) is 12.5. The van der Waals surface area contributed by atoms with Gasteiger partial charge in [0.25, 0.3) is 0 Å². The fourth-order valence-corrected chi connectivity index (χ4v) is 3.97. The molecule has 1 N–H and O–H groups in total. The SMILES string of the molecule is O=C1CC(c2cc(F)ccc2F)C2=C(CC(c3ccccc3)CC2=O)N1. The number of carbonyl (C=O) groups excluding carboxylic acids is 2. The van der Waals surface area contributed by atoms with Gasteiger partial charge in [0.1, 0.15) is 11.6 Å². The Bertz CT molecular complexity index is 921. The van der Waals surface area contributed by atoms with Crippen LogP contribution in [-0.2, 0) is 9.59 Å². The molecule has 1 aliphatic carbocycles. The molecule has 3 nitrogen and oxygen atoms in total. The van der Waals surface area contributed by atoms with Crippen molar-refractivity contribution in [1.29, 1.82) is 0 Å². The molecule has 2 aromatic carbocycles. The van der Waals surface area contributed by atoms with E-state index in [-0.39, 0.29) is 29.6 Å². The van der Waals surface area contributed by atoms with Crippen LogP contribution in [0.1, 0.15) is 42.2 Å². The lowest BCUT2D eigenvalue weighted by atomic mass is 9.73. The summed E-state index contributed by atoms with van der Waals surface area (Å²) in [5.41, 5.74) is 2.06. The number of hydrogen-bond donors (Lipinski definition) is 1. The van der Waals surface area contributed by atoms with E-state index in [9.17, 15) is 18.4 Å². The van der Waals surface area contributed by atoms with Crippen LogP contribution in [0.3, 0.4) is 0 Å². The van der Waals surface area contributed by atoms with E-state index >= 15 is 0 Å². The summed E-state index contributed by atoms with van der Waals surface area (Å²) in [4.78, 5) is 25.0. The minimum Gasteiger partial charge on any atom is -0.329 e. The predicted octanol–water partition coefficient (Wildman–Crippen LogP) is 3.97. The van der Waals surface area contributed by atoms with Crippen LogP contribution in [0.2, 0.25) is 0 Å². The highest BCUT2D eigenvalue weighted by molar-refractivity contribution is 6.02. The Morgan fingerprint density at radius 2 is 1.69 bits per heavy atom. The van der Waals surface area contributed by atoms with Crippen molar-refractivity contribution in [3.8, 4) is 0 Å². The molecule has 2 unspecified atom stereocenters. The van der Waals surface area contributed by atoms with Gasteiger partial charge in [-0.05, 0) is 41.7 Å². The monoisotopic (exact) mass is 353 g/mol. The maximum atomic E-state index is 14.3. The second kappa shape index (κ2) is 6.48. The molecule has 2 atom stereocenters. The van der Waals surface area contributed by atoms with Crippen LogP contribution in [0, 0.1) is 11.6 Å².